The summed E-state index contributed by atoms with van der Waals surface area (Å²) in [6.45, 7) is 0. The lowest BCUT2D eigenvalue weighted by molar-refractivity contribution is 0.669. The molecule has 0 unspecified atom stereocenters. The molecule has 0 aliphatic carbocycles. The minimum Gasteiger partial charge on any atom is -0.455 e. The minimum atomic E-state index is 0.892. The Morgan fingerprint density at radius 1 is 0.345 bits per heavy atom. The third-order valence-corrected chi connectivity index (χ3v) is 13.2. The van der Waals surface area contributed by atoms with Gasteiger partial charge in [-0.25, -0.2) is 0 Å². The molecular formula is C54H31NO2S. The predicted molar refractivity (Wildman–Crippen MR) is 245 cm³/mol. The first kappa shape index (κ1) is 31.8. The molecule has 0 saturated carbocycles. The van der Waals surface area contributed by atoms with Crippen molar-refractivity contribution in [3.63, 3.8) is 0 Å². The van der Waals surface area contributed by atoms with Crippen molar-refractivity contribution < 1.29 is 8.83 Å². The molecule has 3 nitrogen and oxygen atoms in total. The van der Waals surface area contributed by atoms with Crippen molar-refractivity contribution in [1.29, 1.82) is 0 Å². The van der Waals surface area contributed by atoms with E-state index in [1.807, 2.05) is 23.5 Å². The third kappa shape index (κ3) is 4.49. The number of hydrogen-bond donors (Lipinski definition) is 0. The van der Waals surface area contributed by atoms with Crippen LogP contribution < -0.4 is 0 Å². The fourth-order valence-corrected chi connectivity index (χ4v) is 10.5. The van der Waals surface area contributed by atoms with E-state index in [9.17, 15) is 0 Å². The van der Waals surface area contributed by atoms with Crippen LogP contribution in [0.15, 0.2) is 197 Å². The van der Waals surface area contributed by atoms with Crippen LogP contribution >= 0.6 is 11.3 Å². The molecule has 13 aromatic rings. The molecule has 0 aliphatic heterocycles. The Balaban J connectivity index is 1.08. The summed E-state index contributed by atoms with van der Waals surface area (Å²) in [6, 6.07) is 67.7. The summed E-state index contributed by atoms with van der Waals surface area (Å²) in [5.74, 6) is 0. The summed E-state index contributed by atoms with van der Waals surface area (Å²) in [4.78, 5) is 0. The number of thiophene rings is 1. The van der Waals surface area contributed by atoms with Gasteiger partial charge < -0.3 is 13.4 Å². The number of fused-ring (bicyclic) bond motifs is 12. The van der Waals surface area contributed by atoms with Gasteiger partial charge >= 0.3 is 0 Å². The molecule has 0 fully saturated rings. The lowest BCUT2D eigenvalue weighted by Gasteiger charge is -2.11. The molecule has 0 amide bonds. The average molecular weight is 758 g/mol. The standard InChI is InChI=1S/C54H31NO2S/c1-4-22-47-35(11-1)40-16-7-18-42(53(40)56-47)38-14-9-20-45-51(38)52-39(43-19-8-17-41-36-12-2-5-23-48(36)57-54(41)43)15-10-21-46(52)55(45)34-28-25-32(26-29-34)33-27-30-50-44(31-33)37-13-3-6-24-49(37)58-50/h1-31H. The third-order valence-electron chi connectivity index (χ3n) is 12.0. The SMILES string of the molecule is c1ccc2c(c1)oc1c(-c3cccc4c3c3c(-c5cccc6c5oc5ccccc56)cccc3n4-c3ccc(-c4ccc5sc6ccccc6c5c4)cc3)cccc12. The molecule has 58 heavy (non-hydrogen) atoms. The van der Waals surface area contributed by atoms with Gasteiger partial charge in [-0.1, -0.05) is 133 Å². The topological polar surface area (TPSA) is 31.2 Å². The maximum atomic E-state index is 6.68. The van der Waals surface area contributed by atoms with Crippen molar-refractivity contribution >= 4 is 97.2 Å². The van der Waals surface area contributed by atoms with Crippen molar-refractivity contribution in [3.8, 4) is 39.1 Å². The van der Waals surface area contributed by atoms with Gasteiger partial charge in [0, 0.05) is 69.3 Å². The molecular weight excluding hydrogens is 727 g/mol. The van der Waals surface area contributed by atoms with Crippen LogP contribution in [0.5, 0.6) is 0 Å². The van der Waals surface area contributed by atoms with Gasteiger partial charge in [0.1, 0.15) is 22.3 Å². The highest BCUT2D eigenvalue weighted by atomic mass is 32.1. The molecule has 0 atom stereocenters. The van der Waals surface area contributed by atoms with Crippen molar-refractivity contribution in [3.05, 3.63) is 188 Å². The molecule has 0 saturated heterocycles. The minimum absolute atomic E-state index is 0.892. The van der Waals surface area contributed by atoms with Gasteiger partial charge in [-0.2, -0.15) is 0 Å². The molecule has 13 rings (SSSR count). The van der Waals surface area contributed by atoms with E-state index in [1.165, 1.54) is 42.1 Å². The number of benzene rings is 9. The zero-order valence-corrected chi connectivity index (χ0v) is 31.9. The zero-order chi connectivity index (χ0) is 37.9. The van der Waals surface area contributed by atoms with E-state index < -0.39 is 0 Å². The van der Waals surface area contributed by atoms with Crippen LogP contribution in [0.3, 0.4) is 0 Å². The Bertz CT molecular complexity index is 3630. The van der Waals surface area contributed by atoms with Crippen LogP contribution in [-0.4, -0.2) is 4.57 Å². The van der Waals surface area contributed by atoms with Crippen LogP contribution in [-0.2, 0) is 0 Å². The first-order valence-corrected chi connectivity index (χ1v) is 20.5. The largest absolute Gasteiger partial charge is 0.455 e. The van der Waals surface area contributed by atoms with Gasteiger partial charge in [0.15, 0.2) is 0 Å². The molecule has 0 aliphatic rings. The molecule has 0 spiro atoms. The second-order valence-corrected chi connectivity index (χ2v) is 16.2. The molecule has 9 aromatic carbocycles. The van der Waals surface area contributed by atoms with E-state index in [0.29, 0.717) is 0 Å². The first-order chi connectivity index (χ1) is 28.8. The number of nitrogens with zero attached hydrogens (tertiary/aromatic N) is 1. The van der Waals surface area contributed by atoms with E-state index in [1.54, 1.807) is 0 Å². The number of aromatic nitrogens is 1. The summed E-state index contributed by atoms with van der Waals surface area (Å²) in [5, 5.41) is 9.45. The van der Waals surface area contributed by atoms with E-state index in [4.69, 9.17) is 8.83 Å². The van der Waals surface area contributed by atoms with Crippen molar-refractivity contribution in [2.24, 2.45) is 0 Å². The molecule has 4 heteroatoms. The van der Waals surface area contributed by atoms with Gasteiger partial charge in [-0.15, -0.1) is 11.3 Å². The lowest BCUT2D eigenvalue weighted by Crippen LogP contribution is -1.94. The van der Waals surface area contributed by atoms with Crippen LogP contribution in [0.1, 0.15) is 0 Å². The van der Waals surface area contributed by atoms with Crippen molar-refractivity contribution in [2.45, 2.75) is 0 Å². The van der Waals surface area contributed by atoms with Gasteiger partial charge in [-0.05, 0) is 76.9 Å². The normalized spacial score (nSPS) is 12.1. The number of rotatable bonds is 4. The second kappa shape index (κ2) is 12.1. The Labute approximate surface area is 336 Å². The highest BCUT2D eigenvalue weighted by Crippen LogP contribution is 2.47. The van der Waals surface area contributed by atoms with Gasteiger partial charge in [0.2, 0.25) is 0 Å². The van der Waals surface area contributed by atoms with Gasteiger partial charge in [0.05, 0.1) is 11.0 Å². The number of furan rings is 2. The highest BCUT2D eigenvalue weighted by molar-refractivity contribution is 7.25. The number of para-hydroxylation sites is 4. The van der Waals surface area contributed by atoms with Crippen molar-refractivity contribution in [2.75, 3.05) is 0 Å². The fraction of sp³-hybridized carbons (Fsp3) is 0. The summed E-state index contributed by atoms with van der Waals surface area (Å²) in [6.07, 6.45) is 0. The van der Waals surface area contributed by atoms with Crippen LogP contribution in [0.2, 0.25) is 0 Å². The predicted octanol–water partition coefficient (Wildman–Crippen LogP) is 16.0. The molecule has 0 radical (unpaired) electrons. The Morgan fingerprint density at radius 2 is 0.828 bits per heavy atom. The summed E-state index contributed by atoms with van der Waals surface area (Å²) in [5.41, 5.74) is 13.7. The smallest absolute Gasteiger partial charge is 0.143 e. The highest BCUT2D eigenvalue weighted by Gasteiger charge is 2.23. The lowest BCUT2D eigenvalue weighted by atomic mass is 9.93. The summed E-state index contributed by atoms with van der Waals surface area (Å²) < 4.78 is 18.4. The number of hydrogen-bond acceptors (Lipinski definition) is 3. The van der Waals surface area contributed by atoms with Crippen molar-refractivity contribution in [1.82, 2.24) is 4.57 Å². The zero-order valence-electron chi connectivity index (χ0n) is 31.1. The molecule has 270 valence electrons. The second-order valence-electron chi connectivity index (χ2n) is 15.2. The molecule has 4 aromatic heterocycles. The van der Waals surface area contributed by atoms with Gasteiger partial charge in [-0.3, -0.25) is 0 Å². The van der Waals surface area contributed by atoms with Gasteiger partial charge in [0.25, 0.3) is 0 Å². The Morgan fingerprint density at radius 3 is 1.45 bits per heavy atom. The Hall–Kier alpha value is -7.40. The maximum absolute atomic E-state index is 6.68. The quantitative estimate of drug-likeness (QED) is 0.179. The summed E-state index contributed by atoms with van der Waals surface area (Å²) >= 11 is 1.85. The molecule has 0 N–H and O–H groups in total. The van der Waals surface area contributed by atoms with E-state index in [2.05, 4.69) is 180 Å². The molecule has 4 heterocycles. The van der Waals surface area contributed by atoms with E-state index in [-0.39, 0.29) is 0 Å². The average Bonchev–Trinajstić information content (AvgIpc) is 4.05. The Kier molecular flexibility index (Phi) is 6.60. The van der Waals surface area contributed by atoms with E-state index in [0.717, 1.165) is 82.9 Å². The van der Waals surface area contributed by atoms with Crippen LogP contribution in [0.25, 0.3) is 125 Å². The maximum Gasteiger partial charge on any atom is 0.143 e. The molecule has 0 bridgehead atoms. The van der Waals surface area contributed by atoms with Crippen LogP contribution in [0.4, 0.5) is 0 Å². The monoisotopic (exact) mass is 757 g/mol. The fourth-order valence-electron chi connectivity index (χ4n) is 9.46. The summed E-state index contributed by atoms with van der Waals surface area (Å²) in [7, 11) is 0. The van der Waals surface area contributed by atoms with E-state index >= 15 is 0 Å². The van der Waals surface area contributed by atoms with Crippen LogP contribution in [0, 0.1) is 0 Å². The first-order valence-electron chi connectivity index (χ1n) is 19.7.